The highest BCUT2D eigenvalue weighted by molar-refractivity contribution is 7.89. The molecule has 20 heavy (non-hydrogen) atoms. The maximum atomic E-state index is 12.5. The van der Waals surface area contributed by atoms with E-state index >= 15 is 0 Å². The van der Waals surface area contributed by atoms with Gasteiger partial charge in [0.15, 0.2) is 5.03 Å². The Morgan fingerprint density at radius 1 is 1.40 bits per heavy atom. The molecule has 1 aliphatic rings. The molecule has 0 aliphatic carbocycles. The number of hydrogen-bond donors (Lipinski definition) is 1. The fourth-order valence-corrected chi connectivity index (χ4v) is 4.07. The summed E-state index contributed by atoms with van der Waals surface area (Å²) in [7, 11) is -1.73. The average molecular weight is 300 g/mol. The van der Waals surface area contributed by atoms with Crippen LogP contribution in [0, 0.1) is 5.92 Å². The van der Waals surface area contributed by atoms with E-state index in [4.69, 9.17) is 0 Å². The van der Waals surface area contributed by atoms with E-state index in [0.29, 0.717) is 25.0 Å². The molecule has 0 radical (unpaired) electrons. The number of hydrogen-bond acceptors (Lipinski definition) is 4. The summed E-state index contributed by atoms with van der Waals surface area (Å²) < 4.78 is 28.0. The second-order valence-electron chi connectivity index (χ2n) is 5.70. The summed E-state index contributed by atoms with van der Waals surface area (Å²) in [6, 6.07) is 2.04. The molecule has 0 amide bonds. The van der Waals surface area contributed by atoms with Crippen molar-refractivity contribution in [1.29, 1.82) is 0 Å². The molecule has 0 atom stereocenters. The summed E-state index contributed by atoms with van der Waals surface area (Å²) in [6.07, 6.45) is 3.35. The smallest absolute Gasteiger partial charge is 0.260 e. The highest BCUT2D eigenvalue weighted by Gasteiger charge is 2.31. The SMILES string of the molecule is CC(C)NCC1CCN(S(=O)(=O)c2ccnn2C)CC1. The Morgan fingerprint density at radius 3 is 2.55 bits per heavy atom. The second-order valence-corrected chi connectivity index (χ2v) is 7.59. The van der Waals surface area contributed by atoms with Crippen LogP contribution in [0.25, 0.3) is 0 Å². The van der Waals surface area contributed by atoms with Crippen LogP contribution in [-0.2, 0) is 17.1 Å². The first-order valence-corrected chi connectivity index (χ1v) is 8.57. The van der Waals surface area contributed by atoms with Crippen LogP contribution in [0.3, 0.4) is 0 Å². The highest BCUT2D eigenvalue weighted by atomic mass is 32.2. The van der Waals surface area contributed by atoms with E-state index in [2.05, 4.69) is 24.3 Å². The Morgan fingerprint density at radius 2 is 2.05 bits per heavy atom. The molecule has 0 spiro atoms. The lowest BCUT2D eigenvalue weighted by Gasteiger charge is -2.31. The molecule has 0 bridgehead atoms. The van der Waals surface area contributed by atoms with Crippen molar-refractivity contribution in [3.05, 3.63) is 12.3 Å². The van der Waals surface area contributed by atoms with Gasteiger partial charge in [-0.2, -0.15) is 9.40 Å². The fourth-order valence-electron chi connectivity index (χ4n) is 2.50. The minimum absolute atomic E-state index is 0.274. The third-order valence-electron chi connectivity index (χ3n) is 3.77. The lowest BCUT2D eigenvalue weighted by molar-refractivity contribution is 0.262. The van der Waals surface area contributed by atoms with Gasteiger partial charge in [0.2, 0.25) is 0 Å². The van der Waals surface area contributed by atoms with Crippen LogP contribution in [0.15, 0.2) is 17.3 Å². The molecule has 1 fully saturated rings. The average Bonchev–Trinajstić information content (AvgIpc) is 2.84. The van der Waals surface area contributed by atoms with Gasteiger partial charge in [0.25, 0.3) is 10.0 Å². The van der Waals surface area contributed by atoms with Crippen molar-refractivity contribution in [1.82, 2.24) is 19.4 Å². The molecule has 1 aromatic rings. The molecule has 0 unspecified atom stereocenters. The predicted molar refractivity (Wildman–Crippen MR) is 77.8 cm³/mol. The van der Waals surface area contributed by atoms with Gasteiger partial charge >= 0.3 is 0 Å². The number of aromatic nitrogens is 2. The number of piperidine rings is 1. The maximum absolute atomic E-state index is 12.5. The van der Waals surface area contributed by atoms with Gasteiger partial charge in [0.1, 0.15) is 0 Å². The van der Waals surface area contributed by atoms with Gasteiger partial charge < -0.3 is 5.32 Å². The van der Waals surface area contributed by atoms with Gasteiger partial charge in [-0.05, 0) is 31.4 Å². The first kappa shape index (κ1) is 15.5. The van der Waals surface area contributed by atoms with Crippen LogP contribution in [-0.4, -0.2) is 48.2 Å². The van der Waals surface area contributed by atoms with Gasteiger partial charge in [0.05, 0.1) is 6.20 Å². The number of sulfonamides is 1. The van der Waals surface area contributed by atoms with Crippen LogP contribution in [0.2, 0.25) is 0 Å². The topological polar surface area (TPSA) is 67.2 Å². The zero-order valence-corrected chi connectivity index (χ0v) is 13.2. The largest absolute Gasteiger partial charge is 0.314 e. The summed E-state index contributed by atoms with van der Waals surface area (Å²) >= 11 is 0. The Hall–Kier alpha value is -0.920. The van der Waals surface area contributed by atoms with E-state index in [1.54, 1.807) is 17.4 Å². The van der Waals surface area contributed by atoms with Crippen LogP contribution < -0.4 is 5.32 Å². The van der Waals surface area contributed by atoms with Crippen LogP contribution in [0.1, 0.15) is 26.7 Å². The Balaban J connectivity index is 1.95. The molecule has 1 aromatic heterocycles. The number of nitrogens with zero attached hydrogens (tertiary/aromatic N) is 3. The fraction of sp³-hybridized carbons (Fsp3) is 0.769. The maximum Gasteiger partial charge on any atom is 0.260 e. The van der Waals surface area contributed by atoms with Crippen LogP contribution >= 0.6 is 0 Å². The number of rotatable bonds is 5. The summed E-state index contributed by atoms with van der Waals surface area (Å²) in [5, 5.41) is 7.64. The summed E-state index contributed by atoms with van der Waals surface area (Å²) in [4.78, 5) is 0. The van der Waals surface area contributed by atoms with Crippen molar-refractivity contribution in [3.8, 4) is 0 Å². The molecule has 0 saturated carbocycles. The van der Waals surface area contributed by atoms with E-state index in [1.807, 2.05) is 0 Å². The van der Waals surface area contributed by atoms with Crippen molar-refractivity contribution >= 4 is 10.0 Å². The monoisotopic (exact) mass is 300 g/mol. The Bertz CT molecular complexity index is 530. The second kappa shape index (κ2) is 6.24. The molecule has 1 N–H and O–H groups in total. The van der Waals surface area contributed by atoms with Gasteiger partial charge in [-0.25, -0.2) is 8.42 Å². The minimum atomic E-state index is -3.39. The van der Waals surface area contributed by atoms with Crippen LogP contribution in [0.5, 0.6) is 0 Å². The van der Waals surface area contributed by atoms with Crippen molar-refractivity contribution in [2.45, 2.75) is 37.8 Å². The zero-order chi connectivity index (χ0) is 14.8. The molecule has 6 nitrogen and oxygen atoms in total. The first-order chi connectivity index (χ1) is 9.41. The quantitative estimate of drug-likeness (QED) is 0.874. The number of aryl methyl sites for hydroxylation is 1. The lowest BCUT2D eigenvalue weighted by atomic mass is 9.98. The van der Waals surface area contributed by atoms with Crippen molar-refractivity contribution in [2.75, 3.05) is 19.6 Å². The molecule has 1 saturated heterocycles. The summed E-state index contributed by atoms with van der Waals surface area (Å²) in [5.41, 5.74) is 0. The van der Waals surface area contributed by atoms with E-state index in [9.17, 15) is 8.42 Å². The zero-order valence-electron chi connectivity index (χ0n) is 12.4. The molecule has 1 aliphatic heterocycles. The lowest BCUT2D eigenvalue weighted by Crippen LogP contribution is -2.42. The summed E-state index contributed by atoms with van der Waals surface area (Å²) in [6.45, 7) is 6.41. The molecule has 0 aromatic carbocycles. The standard InChI is InChI=1S/C13H24N4O2S/c1-11(2)14-10-12-5-8-17(9-6-12)20(18,19)13-4-7-15-16(13)3/h4,7,11-12,14H,5-6,8-10H2,1-3H3. The molecular formula is C13H24N4O2S. The van der Waals surface area contributed by atoms with Gasteiger partial charge in [-0.3, -0.25) is 4.68 Å². The molecule has 2 rings (SSSR count). The molecule has 7 heteroatoms. The third-order valence-corrected chi connectivity index (χ3v) is 5.74. The number of nitrogens with one attached hydrogen (secondary N) is 1. The predicted octanol–water partition coefficient (Wildman–Crippen LogP) is 0.819. The van der Waals surface area contributed by atoms with Crippen molar-refractivity contribution in [2.24, 2.45) is 13.0 Å². The van der Waals surface area contributed by atoms with E-state index < -0.39 is 10.0 Å². The normalized spacial score (nSPS) is 18.8. The van der Waals surface area contributed by atoms with E-state index in [-0.39, 0.29) is 5.03 Å². The first-order valence-electron chi connectivity index (χ1n) is 7.13. The van der Waals surface area contributed by atoms with Crippen molar-refractivity contribution < 1.29 is 8.42 Å². The third kappa shape index (κ3) is 3.39. The molecule has 2 heterocycles. The van der Waals surface area contributed by atoms with E-state index in [1.165, 1.54) is 10.9 Å². The van der Waals surface area contributed by atoms with Gasteiger partial charge in [0, 0.05) is 26.2 Å². The highest BCUT2D eigenvalue weighted by Crippen LogP contribution is 2.23. The minimum Gasteiger partial charge on any atom is -0.314 e. The van der Waals surface area contributed by atoms with E-state index in [0.717, 1.165) is 19.4 Å². The Labute approximate surface area is 121 Å². The Kier molecular flexibility index (Phi) is 4.82. The summed E-state index contributed by atoms with van der Waals surface area (Å²) in [5.74, 6) is 0.565. The van der Waals surface area contributed by atoms with Crippen LogP contribution in [0.4, 0.5) is 0 Å². The van der Waals surface area contributed by atoms with Gasteiger partial charge in [-0.1, -0.05) is 13.8 Å². The van der Waals surface area contributed by atoms with Gasteiger partial charge in [-0.15, -0.1) is 0 Å². The molecular weight excluding hydrogens is 276 g/mol. The van der Waals surface area contributed by atoms with Crippen molar-refractivity contribution in [3.63, 3.8) is 0 Å². The molecule has 114 valence electrons.